The first-order valence-corrected chi connectivity index (χ1v) is 30.0. The second-order valence-corrected chi connectivity index (χ2v) is 22.2. The Bertz CT molecular complexity index is 4530. The van der Waals surface area contributed by atoms with Gasteiger partial charge >= 0.3 is 48.1 Å². The second-order valence-electron chi connectivity index (χ2n) is 22.2. The van der Waals surface area contributed by atoms with E-state index in [1.807, 2.05) is 0 Å². The molecule has 2 saturated heterocycles. The van der Waals surface area contributed by atoms with Crippen molar-refractivity contribution in [1.29, 1.82) is 0 Å². The van der Waals surface area contributed by atoms with Crippen molar-refractivity contribution in [2.45, 2.75) is 57.2 Å². The normalized spacial score (nSPS) is 12.9. The summed E-state index contributed by atoms with van der Waals surface area (Å²) in [5.74, 6) is -4.52. The Hall–Kier alpha value is -10.7. The van der Waals surface area contributed by atoms with Crippen molar-refractivity contribution in [2.24, 2.45) is 17.2 Å². The van der Waals surface area contributed by atoms with E-state index >= 15 is 0 Å². The number of aromatic nitrogens is 3. The molecule has 0 bridgehead atoms. The summed E-state index contributed by atoms with van der Waals surface area (Å²) in [6.45, 7) is 2.82. The van der Waals surface area contributed by atoms with E-state index in [1.54, 1.807) is 97.1 Å². The Morgan fingerprint density at radius 1 is 0.446 bits per heavy atom. The summed E-state index contributed by atoms with van der Waals surface area (Å²) in [5, 5.41) is 10.7. The van der Waals surface area contributed by atoms with Crippen LogP contribution in [-0.2, 0) is 28.1 Å². The minimum atomic E-state index is -4.70. The van der Waals surface area contributed by atoms with Crippen molar-refractivity contribution in [1.82, 2.24) is 24.8 Å². The zero-order valence-electron chi connectivity index (χ0n) is 54.5. The minimum absolute atomic E-state index is 0. The zero-order chi connectivity index (χ0) is 71.5. The number of amides is 5. The van der Waals surface area contributed by atoms with E-state index in [-0.39, 0.29) is 96.4 Å². The standard InChI is InChI=1S/C25H22F3N3O4.C25H20F3N3O4.C21H15F3N2O3.B.Na.H/c2*26-25(27,28)16-8-11-21(18(14-16)22(32)24(34)31-12-1-2-13-31)35-17-9-6-15(7-10-17)19-4-3-5-20(30-19)23(29)33;1-12(27)16-11-14(21(22,23)24)7-10-19(16)29-15-8-5-13(6-9-15)17-3-2-4-18(26-17)20(25)28;;;/h3-11,14,22,32H,1-2,12-13H2,(H2,29,33);3-11,14H,1-2,12-13H2,(H2,29,33);2-11H,1H3,(H2,25,28);;;/q;;;;+1;-1. The van der Waals surface area contributed by atoms with Crippen LogP contribution in [0.1, 0.15) is 115 Å². The van der Waals surface area contributed by atoms with Gasteiger partial charge in [-0.05, 0) is 196 Å². The van der Waals surface area contributed by atoms with Crippen LogP contribution >= 0.6 is 0 Å². The third kappa shape index (κ3) is 20.0. The average molecular weight is 1400 g/mol. The maximum absolute atomic E-state index is 13.3. The van der Waals surface area contributed by atoms with Crippen molar-refractivity contribution in [3.8, 4) is 68.3 Å². The van der Waals surface area contributed by atoms with Gasteiger partial charge in [0, 0.05) is 56.8 Å². The molecular weight excluding hydrogens is 1350 g/mol. The molecule has 2 aliphatic rings. The van der Waals surface area contributed by atoms with E-state index in [1.165, 1.54) is 47.1 Å². The maximum Gasteiger partial charge on any atom is 1.00 e. The topological polar surface area (TPSA) is 291 Å². The molecule has 11 rings (SSSR count). The first kappa shape index (κ1) is 77.6. The average Bonchev–Trinajstić information content (AvgIpc) is 1.13. The monoisotopic (exact) mass is 1400 g/mol. The van der Waals surface area contributed by atoms with Gasteiger partial charge in [-0.15, -0.1) is 0 Å². The summed E-state index contributed by atoms with van der Waals surface area (Å²) in [4.78, 5) is 99.2. The third-order valence-corrected chi connectivity index (χ3v) is 15.2. The maximum atomic E-state index is 13.3. The Morgan fingerprint density at radius 3 is 1.11 bits per heavy atom. The van der Waals surface area contributed by atoms with Gasteiger partial charge in [-0.1, -0.05) is 18.2 Å². The first-order chi connectivity index (χ1) is 46.9. The number of nitrogens with two attached hydrogens (primary N) is 3. The number of aliphatic hydroxyl groups excluding tert-OH is 1. The smallest absolute Gasteiger partial charge is 1.00 e. The Kier molecular flexibility index (Phi) is 25.7. The molecule has 7 N–H and O–H groups in total. The van der Waals surface area contributed by atoms with E-state index in [0.29, 0.717) is 71.8 Å². The minimum Gasteiger partial charge on any atom is -1.00 e. The van der Waals surface area contributed by atoms with Gasteiger partial charge in [0.05, 0.1) is 44.9 Å². The van der Waals surface area contributed by atoms with Crippen molar-refractivity contribution in [3.63, 3.8) is 0 Å². The molecule has 0 spiro atoms. The van der Waals surface area contributed by atoms with Crippen LogP contribution in [0.5, 0.6) is 34.5 Å². The Balaban J connectivity index is 0.000000238. The molecule has 30 heteroatoms. The number of alkyl halides is 9. The van der Waals surface area contributed by atoms with E-state index in [9.17, 15) is 78.2 Å². The van der Waals surface area contributed by atoms with Crippen LogP contribution in [0.25, 0.3) is 33.8 Å². The molecule has 6 aromatic carbocycles. The van der Waals surface area contributed by atoms with Gasteiger partial charge in [-0.25, -0.2) is 15.0 Å². The second kappa shape index (κ2) is 33.4. The molecule has 5 amide bonds. The molecule has 9 aromatic rings. The van der Waals surface area contributed by atoms with Gasteiger partial charge in [0.25, 0.3) is 35.3 Å². The molecule has 0 saturated carbocycles. The third-order valence-electron chi connectivity index (χ3n) is 15.2. The summed E-state index contributed by atoms with van der Waals surface area (Å²) in [7, 11) is 0. The van der Waals surface area contributed by atoms with Crippen molar-refractivity contribution in [2.75, 3.05) is 26.2 Å². The first-order valence-electron chi connectivity index (χ1n) is 30.0. The predicted molar refractivity (Wildman–Crippen MR) is 347 cm³/mol. The van der Waals surface area contributed by atoms with E-state index in [0.717, 1.165) is 74.2 Å². The molecule has 3 radical (unpaired) electrons. The van der Waals surface area contributed by atoms with Gasteiger partial charge in [0.15, 0.2) is 11.9 Å². The summed E-state index contributed by atoms with van der Waals surface area (Å²) < 4.78 is 136. The number of hydrogen-bond acceptors (Lipinski definition) is 14. The predicted octanol–water partition coefficient (Wildman–Crippen LogP) is 10.4. The van der Waals surface area contributed by atoms with Crippen LogP contribution < -0.4 is 61.0 Å². The molecular formula is C71H58BF9N8NaO11. The number of carbonyl (C=O) groups is 7. The van der Waals surface area contributed by atoms with Crippen LogP contribution in [0.3, 0.4) is 0 Å². The summed E-state index contributed by atoms with van der Waals surface area (Å²) in [6, 6.07) is 41.5. The van der Waals surface area contributed by atoms with Crippen LogP contribution in [0.15, 0.2) is 182 Å². The van der Waals surface area contributed by atoms with Crippen molar-refractivity contribution < 1.29 is 123 Å². The molecule has 3 aromatic heterocycles. The van der Waals surface area contributed by atoms with Crippen LogP contribution in [0.4, 0.5) is 39.5 Å². The van der Waals surface area contributed by atoms with Gasteiger partial charge in [0.2, 0.25) is 0 Å². The number of hydrogen-bond donors (Lipinski definition) is 4. The van der Waals surface area contributed by atoms with Gasteiger partial charge < -0.3 is 47.7 Å². The molecule has 2 aliphatic heterocycles. The molecule has 0 aliphatic carbocycles. The number of ether oxygens (including phenoxy) is 3. The number of pyridine rings is 3. The number of rotatable bonds is 17. The van der Waals surface area contributed by atoms with Crippen molar-refractivity contribution >= 4 is 49.5 Å². The summed E-state index contributed by atoms with van der Waals surface area (Å²) >= 11 is 0. The fourth-order valence-corrected chi connectivity index (χ4v) is 10.2. The van der Waals surface area contributed by atoms with E-state index < -0.39 is 88.0 Å². The number of ketones is 2. The number of benzene rings is 6. The summed E-state index contributed by atoms with van der Waals surface area (Å²) in [5.41, 5.74) is 15.7. The fraction of sp³-hybridized carbons (Fsp3) is 0.183. The molecule has 1 atom stereocenters. The molecule has 2 fully saturated rings. The van der Waals surface area contributed by atoms with Gasteiger partial charge in [0.1, 0.15) is 51.6 Å². The van der Waals surface area contributed by atoms with Gasteiger partial charge in [-0.3, -0.25) is 33.6 Å². The Morgan fingerprint density at radius 2 is 0.762 bits per heavy atom. The molecule has 5 heterocycles. The molecule has 515 valence electrons. The van der Waals surface area contributed by atoms with Crippen LogP contribution in [0, 0.1) is 0 Å². The number of Topliss-reactive ketones (excluding diaryl/α,β-unsaturated/α-hetero) is 2. The van der Waals surface area contributed by atoms with E-state index in [4.69, 9.17) is 31.4 Å². The quantitative estimate of drug-likeness (QED) is 0.0285. The molecule has 1 unspecified atom stereocenters. The largest absolute Gasteiger partial charge is 1.00 e. The fourth-order valence-electron chi connectivity index (χ4n) is 10.2. The number of halogens is 9. The number of likely N-dealkylation sites (tertiary alicyclic amines) is 2. The number of carbonyl (C=O) groups excluding carboxylic acids is 7. The van der Waals surface area contributed by atoms with Gasteiger partial charge in [-0.2, -0.15) is 39.5 Å². The number of aliphatic hydroxyl groups is 1. The van der Waals surface area contributed by atoms with E-state index in [2.05, 4.69) is 15.0 Å². The number of primary amides is 3. The Labute approximate surface area is 595 Å². The SMILES string of the molecule is CC(=O)c1cc(C(F)(F)F)ccc1Oc1ccc(-c2cccc(C(N)=O)n2)cc1.NC(=O)c1cccc(-c2ccc(Oc3ccc(C(F)(F)F)cc3C(=O)C(=O)N3CCCC3)cc2)n1.NC(=O)c1cccc(-c2ccc(Oc3ccc(C(F)(F)F)cc3C(O)C(=O)N3CCCC3)cc2)n1.[B].[H-].[Na+]. The van der Waals surface area contributed by atoms with Crippen molar-refractivity contribution in [3.05, 3.63) is 232 Å². The zero-order valence-corrected chi connectivity index (χ0v) is 55.5. The van der Waals surface area contributed by atoms with Crippen LogP contribution in [-0.4, -0.2) is 106 Å². The molecule has 19 nitrogen and oxygen atoms in total. The molecule has 101 heavy (non-hydrogen) atoms. The van der Waals surface area contributed by atoms with Crippen LogP contribution in [0.2, 0.25) is 0 Å². The number of nitrogens with zero attached hydrogens (tertiary/aromatic N) is 5. The summed E-state index contributed by atoms with van der Waals surface area (Å²) in [6.07, 6.45) is -12.7.